The summed E-state index contributed by atoms with van der Waals surface area (Å²) in [6.45, 7) is 11.7. The zero-order valence-electron chi connectivity index (χ0n) is 7.99. The molecule has 0 aliphatic carbocycles. The van der Waals surface area contributed by atoms with Crippen molar-refractivity contribution >= 4 is 23.9 Å². The number of aryl methyl sites for hydroxylation is 1. The molecule has 1 aromatic heterocycles. The highest BCUT2D eigenvalue weighted by molar-refractivity contribution is 7.25. The molecule has 0 nitrogen and oxygen atoms in total. The zero-order valence-corrected chi connectivity index (χ0v) is 9.80. The quantitative estimate of drug-likeness (QED) is 0.589. The second-order valence-corrected chi connectivity index (χ2v) is 10.4. The molecule has 0 aliphatic rings. The molecule has 0 aliphatic heterocycles. The van der Waals surface area contributed by atoms with Crippen LogP contribution in [-0.2, 0) is 0 Å². The van der Waals surface area contributed by atoms with E-state index >= 15 is 0 Å². The molecule has 0 atom stereocenters. The molecule has 0 spiro atoms. The molecule has 11 heavy (non-hydrogen) atoms. The van der Waals surface area contributed by atoms with Crippen molar-refractivity contribution in [3.63, 3.8) is 0 Å². The molecule has 0 bridgehead atoms. The standard InChI is InChI=1S/C9H16SSi/c1-7-6-10-9(8(7)2)11(3,4)5/h6H,1-5H3. The third-order valence-electron chi connectivity index (χ3n) is 1.97. The van der Waals surface area contributed by atoms with Gasteiger partial charge in [-0.25, -0.2) is 0 Å². The van der Waals surface area contributed by atoms with E-state index in [1.54, 1.807) is 4.50 Å². The minimum absolute atomic E-state index is 1.04. The van der Waals surface area contributed by atoms with E-state index in [0.717, 1.165) is 0 Å². The molecule has 0 amide bonds. The lowest BCUT2D eigenvalue weighted by Gasteiger charge is -2.14. The summed E-state index contributed by atoms with van der Waals surface area (Å²) < 4.78 is 1.66. The van der Waals surface area contributed by atoms with E-state index in [2.05, 4.69) is 38.9 Å². The van der Waals surface area contributed by atoms with Crippen molar-refractivity contribution in [2.24, 2.45) is 0 Å². The van der Waals surface area contributed by atoms with Crippen LogP contribution in [0.3, 0.4) is 0 Å². The molecule has 0 aromatic carbocycles. The van der Waals surface area contributed by atoms with E-state index in [-0.39, 0.29) is 0 Å². The molecule has 0 N–H and O–H groups in total. The molecule has 0 unspecified atom stereocenters. The lowest BCUT2D eigenvalue weighted by atomic mass is 10.2. The first-order valence-corrected chi connectivity index (χ1v) is 8.36. The van der Waals surface area contributed by atoms with Gasteiger partial charge in [-0.05, 0) is 34.9 Å². The summed E-state index contributed by atoms with van der Waals surface area (Å²) in [5.41, 5.74) is 3.00. The summed E-state index contributed by atoms with van der Waals surface area (Å²) in [5, 5.41) is 2.28. The van der Waals surface area contributed by atoms with Gasteiger partial charge in [0.15, 0.2) is 0 Å². The summed E-state index contributed by atoms with van der Waals surface area (Å²) in [6.07, 6.45) is 0. The van der Waals surface area contributed by atoms with Crippen LogP contribution < -0.4 is 4.50 Å². The smallest absolute Gasteiger partial charge is 0.0907 e. The molecule has 2 heteroatoms. The van der Waals surface area contributed by atoms with Gasteiger partial charge in [-0.15, -0.1) is 0 Å². The van der Waals surface area contributed by atoms with Gasteiger partial charge in [0.05, 0.1) is 8.07 Å². The molecule has 1 aromatic rings. The van der Waals surface area contributed by atoms with Crippen LogP contribution in [-0.4, -0.2) is 8.07 Å². The summed E-state index contributed by atoms with van der Waals surface area (Å²) in [4.78, 5) is 0. The Morgan fingerprint density at radius 3 is 1.91 bits per heavy atom. The fourth-order valence-electron chi connectivity index (χ4n) is 1.24. The Labute approximate surface area is 74.3 Å². The van der Waals surface area contributed by atoms with E-state index < -0.39 is 8.07 Å². The second kappa shape index (κ2) is 2.76. The van der Waals surface area contributed by atoms with Gasteiger partial charge in [0.2, 0.25) is 0 Å². The minimum Gasteiger partial charge on any atom is -0.153 e. The number of hydrogen-bond donors (Lipinski definition) is 0. The third-order valence-corrected chi connectivity index (χ3v) is 6.91. The molecule has 1 rings (SSSR count). The predicted molar refractivity (Wildman–Crippen MR) is 56.8 cm³/mol. The first-order chi connectivity index (χ1) is 4.93. The molecule has 0 radical (unpaired) electrons. The lowest BCUT2D eigenvalue weighted by Crippen LogP contribution is -2.36. The average molecular weight is 184 g/mol. The van der Waals surface area contributed by atoms with Crippen molar-refractivity contribution in [1.82, 2.24) is 0 Å². The average Bonchev–Trinajstić information content (AvgIpc) is 2.11. The van der Waals surface area contributed by atoms with Crippen molar-refractivity contribution in [2.75, 3.05) is 0 Å². The molecule has 0 fully saturated rings. The largest absolute Gasteiger partial charge is 0.153 e. The van der Waals surface area contributed by atoms with Crippen molar-refractivity contribution in [3.05, 3.63) is 16.5 Å². The number of rotatable bonds is 1. The van der Waals surface area contributed by atoms with E-state index in [1.165, 1.54) is 11.1 Å². The van der Waals surface area contributed by atoms with Crippen molar-refractivity contribution in [2.45, 2.75) is 33.5 Å². The van der Waals surface area contributed by atoms with Crippen LogP contribution >= 0.6 is 11.3 Å². The maximum atomic E-state index is 2.41. The Bertz CT molecular complexity index is 255. The molecular formula is C9H16SSi. The second-order valence-electron chi connectivity index (χ2n) is 4.12. The maximum Gasteiger partial charge on any atom is 0.0907 e. The van der Waals surface area contributed by atoms with Gasteiger partial charge in [0.25, 0.3) is 0 Å². The molecule has 62 valence electrons. The minimum atomic E-state index is -1.04. The van der Waals surface area contributed by atoms with Crippen LogP contribution in [0.15, 0.2) is 5.38 Å². The van der Waals surface area contributed by atoms with Gasteiger partial charge in [-0.3, -0.25) is 0 Å². The molecule has 0 saturated carbocycles. The van der Waals surface area contributed by atoms with Crippen molar-refractivity contribution < 1.29 is 0 Å². The van der Waals surface area contributed by atoms with Gasteiger partial charge < -0.3 is 0 Å². The lowest BCUT2D eigenvalue weighted by molar-refractivity contribution is 1.41. The normalized spacial score (nSPS) is 12.1. The topological polar surface area (TPSA) is 0 Å². The Hall–Kier alpha value is -0.0831. The zero-order chi connectivity index (χ0) is 8.65. The first kappa shape index (κ1) is 9.01. The fraction of sp³-hybridized carbons (Fsp3) is 0.556. The third kappa shape index (κ3) is 1.74. The molecular weight excluding hydrogens is 168 g/mol. The highest BCUT2D eigenvalue weighted by Crippen LogP contribution is 2.15. The van der Waals surface area contributed by atoms with E-state index in [9.17, 15) is 0 Å². The monoisotopic (exact) mass is 184 g/mol. The van der Waals surface area contributed by atoms with Crippen LogP contribution in [0.4, 0.5) is 0 Å². The Balaban J connectivity index is 3.15. The van der Waals surface area contributed by atoms with Gasteiger partial charge in [0, 0.05) is 0 Å². The van der Waals surface area contributed by atoms with Crippen molar-refractivity contribution in [3.8, 4) is 0 Å². The molecule has 0 saturated heterocycles. The molecule has 1 heterocycles. The van der Waals surface area contributed by atoms with E-state index in [1.807, 2.05) is 11.3 Å². The Morgan fingerprint density at radius 1 is 1.18 bits per heavy atom. The van der Waals surface area contributed by atoms with Crippen LogP contribution in [0.25, 0.3) is 0 Å². The van der Waals surface area contributed by atoms with Crippen molar-refractivity contribution in [1.29, 1.82) is 0 Å². The van der Waals surface area contributed by atoms with E-state index in [4.69, 9.17) is 0 Å². The van der Waals surface area contributed by atoms with Gasteiger partial charge in [-0.2, -0.15) is 11.3 Å². The van der Waals surface area contributed by atoms with Crippen LogP contribution in [0, 0.1) is 13.8 Å². The Morgan fingerprint density at radius 2 is 1.73 bits per heavy atom. The summed E-state index contributed by atoms with van der Waals surface area (Å²) >= 11 is 1.94. The summed E-state index contributed by atoms with van der Waals surface area (Å²) in [6, 6.07) is 0. The summed E-state index contributed by atoms with van der Waals surface area (Å²) in [7, 11) is -1.04. The number of thiophene rings is 1. The van der Waals surface area contributed by atoms with E-state index in [0.29, 0.717) is 0 Å². The maximum absolute atomic E-state index is 2.41. The Kier molecular flexibility index (Phi) is 2.26. The highest BCUT2D eigenvalue weighted by atomic mass is 32.1. The predicted octanol–water partition coefficient (Wildman–Crippen LogP) is 2.91. The first-order valence-electron chi connectivity index (χ1n) is 3.98. The van der Waals surface area contributed by atoms with Crippen LogP contribution in [0.1, 0.15) is 11.1 Å². The summed E-state index contributed by atoms with van der Waals surface area (Å²) in [5.74, 6) is 0. The SMILES string of the molecule is Cc1csc([Si](C)(C)C)c1C. The van der Waals surface area contributed by atoms with Gasteiger partial charge in [0.1, 0.15) is 0 Å². The van der Waals surface area contributed by atoms with Gasteiger partial charge >= 0.3 is 0 Å². The fourth-order valence-corrected chi connectivity index (χ4v) is 4.96. The van der Waals surface area contributed by atoms with Crippen LogP contribution in [0.2, 0.25) is 19.6 Å². The van der Waals surface area contributed by atoms with Crippen LogP contribution in [0.5, 0.6) is 0 Å². The highest BCUT2D eigenvalue weighted by Gasteiger charge is 2.20. The van der Waals surface area contributed by atoms with Gasteiger partial charge in [-0.1, -0.05) is 19.6 Å². The number of hydrogen-bond acceptors (Lipinski definition) is 1.